The van der Waals surface area contributed by atoms with Crippen LogP contribution >= 0.6 is 0 Å². The molecule has 2 aliphatic rings. The van der Waals surface area contributed by atoms with Crippen LogP contribution in [0.3, 0.4) is 0 Å². The first-order valence-electron chi connectivity index (χ1n) is 9.17. The minimum atomic E-state index is -0.0991. The van der Waals surface area contributed by atoms with Crippen molar-refractivity contribution in [3.8, 4) is 12.3 Å². The summed E-state index contributed by atoms with van der Waals surface area (Å²) in [6.07, 6.45) is 7.40. The lowest BCUT2D eigenvalue weighted by atomic mass is 9.88. The van der Waals surface area contributed by atoms with Gasteiger partial charge in [-0.25, -0.2) is 0 Å². The molecule has 2 unspecified atom stereocenters. The van der Waals surface area contributed by atoms with Gasteiger partial charge in [-0.2, -0.15) is 5.10 Å². The minimum Gasteiger partial charge on any atom is -0.348 e. The summed E-state index contributed by atoms with van der Waals surface area (Å²) in [4.78, 5) is 17.8. The highest BCUT2D eigenvalue weighted by Crippen LogP contribution is 2.27. The Labute approximate surface area is 154 Å². The predicted molar refractivity (Wildman–Crippen MR) is 102 cm³/mol. The second kappa shape index (κ2) is 6.75. The molecule has 2 aromatic rings. The number of aromatic nitrogens is 2. The van der Waals surface area contributed by atoms with Crippen molar-refractivity contribution in [2.75, 3.05) is 27.2 Å². The molecule has 2 saturated heterocycles. The highest BCUT2D eigenvalue weighted by molar-refractivity contribution is 6.05. The third-order valence-electron chi connectivity index (χ3n) is 5.76. The van der Waals surface area contributed by atoms with E-state index in [1.165, 1.54) is 0 Å². The van der Waals surface area contributed by atoms with Crippen LogP contribution in [0.5, 0.6) is 0 Å². The second-order valence-corrected chi connectivity index (χ2v) is 7.56. The van der Waals surface area contributed by atoms with Crippen molar-refractivity contribution in [2.24, 2.45) is 0 Å². The second-order valence-electron chi connectivity index (χ2n) is 7.56. The van der Waals surface area contributed by atoms with Gasteiger partial charge in [-0.15, -0.1) is 6.42 Å². The fourth-order valence-corrected chi connectivity index (χ4v) is 4.46. The topological polar surface area (TPSA) is 53.4 Å². The molecule has 0 spiro atoms. The molecular formula is C20H25N5O. The average Bonchev–Trinajstić information content (AvgIpc) is 2.96. The molecule has 1 aromatic carbocycles. The summed E-state index contributed by atoms with van der Waals surface area (Å²) in [6, 6.07) is 8.93. The van der Waals surface area contributed by atoms with E-state index in [9.17, 15) is 4.79 Å². The highest BCUT2D eigenvalue weighted by atomic mass is 16.2. The third-order valence-corrected chi connectivity index (χ3v) is 5.76. The van der Waals surface area contributed by atoms with E-state index in [4.69, 9.17) is 6.42 Å². The van der Waals surface area contributed by atoms with Crippen molar-refractivity contribution < 1.29 is 4.79 Å². The first-order valence-corrected chi connectivity index (χ1v) is 9.17. The number of likely N-dealkylation sites (tertiary alicyclic amines) is 1. The number of carbonyl (C=O) groups excluding carboxylic acids is 1. The van der Waals surface area contributed by atoms with Crippen LogP contribution in [0.2, 0.25) is 0 Å². The van der Waals surface area contributed by atoms with Crippen molar-refractivity contribution in [1.29, 1.82) is 0 Å². The smallest absolute Gasteiger partial charge is 0.272 e. The van der Waals surface area contributed by atoms with E-state index in [1.54, 1.807) is 4.68 Å². The standard InChI is InChI=1S/C20H25N5O/c1-4-9-25-18-8-6-5-7-17(18)19(22-25)20(26)21-14-10-15-12-23(2)13-16(11-14)24(15)3/h1,5-8,14-16H,9-13H2,2-3H3,(H,21,26). The van der Waals surface area contributed by atoms with Crippen LogP contribution in [-0.2, 0) is 6.54 Å². The van der Waals surface area contributed by atoms with Gasteiger partial charge in [-0.3, -0.25) is 14.4 Å². The number of piperidine rings is 1. The van der Waals surface area contributed by atoms with Crippen LogP contribution in [0.1, 0.15) is 23.3 Å². The van der Waals surface area contributed by atoms with E-state index in [-0.39, 0.29) is 11.9 Å². The van der Waals surface area contributed by atoms with Gasteiger partial charge in [0.05, 0.1) is 5.52 Å². The van der Waals surface area contributed by atoms with Crippen LogP contribution in [0.4, 0.5) is 0 Å². The maximum absolute atomic E-state index is 12.9. The average molecular weight is 351 g/mol. The van der Waals surface area contributed by atoms with Gasteiger partial charge in [0, 0.05) is 36.6 Å². The molecule has 2 aliphatic heterocycles. The predicted octanol–water partition coefficient (Wildman–Crippen LogP) is 1.18. The molecule has 1 N–H and O–H groups in total. The number of hydrogen-bond acceptors (Lipinski definition) is 4. The van der Waals surface area contributed by atoms with Crippen LogP contribution in [0, 0.1) is 12.3 Å². The minimum absolute atomic E-state index is 0.0991. The number of benzene rings is 1. The number of amides is 1. The molecule has 0 aliphatic carbocycles. The van der Waals surface area contributed by atoms with Crippen molar-refractivity contribution in [2.45, 2.75) is 37.5 Å². The number of para-hydroxylation sites is 1. The summed E-state index contributed by atoms with van der Waals surface area (Å²) in [5.41, 5.74) is 1.37. The van der Waals surface area contributed by atoms with E-state index in [0.717, 1.165) is 36.8 Å². The van der Waals surface area contributed by atoms with Gasteiger partial charge in [0.2, 0.25) is 0 Å². The molecular weight excluding hydrogens is 326 g/mol. The van der Waals surface area contributed by atoms with Crippen molar-refractivity contribution in [3.05, 3.63) is 30.0 Å². The Hall–Kier alpha value is -2.36. The molecule has 0 saturated carbocycles. The number of nitrogens with zero attached hydrogens (tertiary/aromatic N) is 4. The number of hydrogen-bond donors (Lipinski definition) is 1. The lowest BCUT2D eigenvalue weighted by molar-refractivity contribution is 0.00837. The Bertz CT molecular complexity index is 851. The quantitative estimate of drug-likeness (QED) is 0.844. The van der Waals surface area contributed by atoms with Gasteiger partial charge in [0.1, 0.15) is 6.54 Å². The number of piperazine rings is 1. The molecule has 26 heavy (non-hydrogen) atoms. The Morgan fingerprint density at radius 1 is 1.27 bits per heavy atom. The Kier molecular flexibility index (Phi) is 4.43. The Balaban J connectivity index is 1.54. The SMILES string of the molecule is C#CCn1nc(C(=O)NC2CC3CN(C)CC(C2)N3C)c2ccccc21. The van der Waals surface area contributed by atoms with Crippen LogP contribution in [0.15, 0.2) is 24.3 Å². The highest BCUT2D eigenvalue weighted by Gasteiger charge is 2.38. The Morgan fingerprint density at radius 2 is 1.96 bits per heavy atom. The normalized spacial score (nSPS) is 26.6. The zero-order chi connectivity index (χ0) is 18.3. The van der Waals surface area contributed by atoms with E-state index >= 15 is 0 Å². The maximum Gasteiger partial charge on any atom is 0.272 e. The number of terminal acetylenes is 1. The summed E-state index contributed by atoms with van der Waals surface area (Å²) >= 11 is 0. The zero-order valence-electron chi connectivity index (χ0n) is 15.4. The number of rotatable bonds is 3. The van der Waals surface area contributed by atoms with Crippen LogP contribution in [-0.4, -0.2) is 70.8 Å². The van der Waals surface area contributed by atoms with E-state index < -0.39 is 0 Å². The molecule has 4 rings (SSSR count). The molecule has 6 heteroatoms. The van der Waals surface area contributed by atoms with E-state index in [2.05, 4.69) is 40.2 Å². The lowest BCUT2D eigenvalue weighted by Crippen LogP contribution is -2.63. The van der Waals surface area contributed by atoms with Gasteiger partial charge >= 0.3 is 0 Å². The maximum atomic E-state index is 12.9. The molecule has 2 bridgehead atoms. The van der Waals surface area contributed by atoms with Crippen LogP contribution < -0.4 is 5.32 Å². The first-order chi connectivity index (χ1) is 12.6. The van der Waals surface area contributed by atoms with Gasteiger partial charge in [0.15, 0.2) is 5.69 Å². The van der Waals surface area contributed by atoms with Gasteiger partial charge < -0.3 is 10.2 Å². The largest absolute Gasteiger partial charge is 0.348 e. The summed E-state index contributed by atoms with van der Waals surface area (Å²) in [5.74, 6) is 2.51. The first kappa shape index (κ1) is 17.1. The van der Waals surface area contributed by atoms with Gasteiger partial charge in [0.25, 0.3) is 5.91 Å². The summed E-state index contributed by atoms with van der Waals surface area (Å²) in [6.45, 7) is 2.47. The van der Waals surface area contributed by atoms with Gasteiger partial charge in [-0.05, 0) is 33.0 Å². The summed E-state index contributed by atoms with van der Waals surface area (Å²) in [5, 5.41) is 8.58. The zero-order valence-corrected chi connectivity index (χ0v) is 15.4. The molecule has 1 amide bonds. The van der Waals surface area contributed by atoms with Gasteiger partial charge in [-0.1, -0.05) is 24.1 Å². The molecule has 0 radical (unpaired) electrons. The molecule has 136 valence electrons. The summed E-state index contributed by atoms with van der Waals surface area (Å²) < 4.78 is 1.72. The molecule has 2 fully saturated rings. The van der Waals surface area contributed by atoms with E-state index in [0.29, 0.717) is 24.3 Å². The summed E-state index contributed by atoms with van der Waals surface area (Å²) in [7, 11) is 4.38. The monoisotopic (exact) mass is 351 g/mol. The number of nitrogens with one attached hydrogen (secondary N) is 1. The fraction of sp³-hybridized carbons (Fsp3) is 0.500. The lowest BCUT2D eigenvalue weighted by Gasteiger charge is -2.50. The number of likely N-dealkylation sites (N-methyl/N-ethyl adjacent to an activating group) is 2. The molecule has 3 heterocycles. The van der Waals surface area contributed by atoms with Crippen molar-refractivity contribution in [3.63, 3.8) is 0 Å². The Morgan fingerprint density at radius 3 is 2.65 bits per heavy atom. The number of fused-ring (bicyclic) bond motifs is 3. The van der Waals surface area contributed by atoms with Crippen molar-refractivity contribution >= 4 is 16.8 Å². The van der Waals surface area contributed by atoms with Crippen LogP contribution in [0.25, 0.3) is 10.9 Å². The van der Waals surface area contributed by atoms with E-state index in [1.807, 2.05) is 24.3 Å². The molecule has 1 aromatic heterocycles. The fourth-order valence-electron chi connectivity index (χ4n) is 4.46. The third kappa shape index (κ3) is 2.98. The molecule has 6 nitrogen and oxygen atoms in total. The number of carbonyl (C=O) groups is 1. The van der Waals surface area contributed by atoms with Crippen molar-refractivity contribution in [1.82, 2.24) is 24.9 Å². The molecule has 2 atom stereocenters.